The van der Waals surface area contributed by atoms with Gasteiger partial charge in [-0.3, -0.25) is 0 Å². The van der Waals surface area contributed by atoms with E-state index in [1.165, 1.54) is 0 Å². The molecule has 31 heavy (non-hydrogen) atoms. The van der Waals surface area contributed by atoms with Gasteiger partial charge in [0.05, 0.1) is 0 Å². The second-order valence-corrected chi connectivity index (χ2v) is 9.66. The Morgan fingerprint density at radius 2 is 1.52 bits per heavy atom. The van der Waals surface area contributed by atoms with Crippen molar-refractivity contribution >= 4 is 12.2 Å². The second kappa shape index (κ2) is 10.8. The molecule has 0 bridgehead atoms. The van der Waals surface area contributed by atoms with E-state index in [9.17, 15) is 9.59 Å². The summed E-state index contributed by atoms with van der Waals surface area (Å²) in [4.78, 5) is 26.1. The zero-order valence-electron chi connectivity index (χ0n) is 19.1. The van der Waals surface area contributed by atoms with Crippen molar-refractivity contribution < 1.29 is 19.1 Å². The number of alkyl carbamates (subject to hydrolysis) is 1. The Morgan fingerprint density at radius 1 is 0.935 bits per heavy atom. The minimum atomic E-state index is -0.452. The van der Waals surface area contributed by atoms with Crippen LogP contribution in [0, 0.1) is 0 Å². The molecular formula is C24H37N3O4. The van der Waals surface area contributed by atoms with Gasteiger partial charge < -0.3 is 25.0 Å². The lowest BCUT2D eigenvalue weighted by Crippen LogP contribution is -2.50. The van der Waals surface area contributed by atoms with Gasteiger partial charge in [-0.05, 0) is 64.9 Å². The van der Waals surface area contributed by atoms with Crippen LogP contribution in [0.3, 0.4) is 0 Å². The maximum absolute atomic E-state index is 12.2. The van der Waals surface area contributed by atoms with Crippen molar-refractivity contribution in [3.8, 4) is 0 Å². The Bertz CT molecular complexity index is 703. The maximum atomic E-state index is 12.2. The van der Waals surface area contributed by atoms with Crippen LogP contribution in [0.2, 0.25) is 0 Å². The molecule has 1 aliphatic heterocycles. The Hall–Kier alpha value is -2.28. The van der Waals surface area contributed by atoms with E-state index in [1.54, 1.807) is 0 Å². The summed E-state index contributed by atoms with van der Waals surface area (Å²) in [6, 6.07) is 10.8. The lowest BCUT2D eigenvalue weighted by molar-refractivity contribution is 0.0194. The molecule has 2 N–H and O–H groups in total. The van der Waals surface area contributed by atoms with Crippen molar-refractivity contribution in [2.24, 2.45) is 0 Å². The first-order chi connectivity index (χ1) is 14.8. The Kier molecular flexibility index (Phi) is 8.18. The highest BCUT2D eigenvalue weighted by Gasteiger charge is 2.29. The first-order valence-corrected chi connectivity index (χ1v) is 11.5. The molecule has 1 saturated heterocycles. The van der Waals surface area contributed by atoms with Crippen molar-refractivity contribution in [1.82, 2.24) is 15.5 Å². The van der Waals surface area contributed by atoms with Gasteiger partial charge in [0.25, 0.3) is 0 Å². The molecular weight excluding hydrogens is 394 g/mol. The van der Waals surface area contributed by atoms with Gasteiger partial charge in [0.15, 0.2) is 0 Å². The topological polar surface area (TPSA) is 79.9 Å². The van der Waals surface area contributed by atoms with Gasteiger partial charge in [-0.25, -0.2) is 9.59 Å². The molecule has 0 aromatic heterocycles. The first-order valence-electron chi connectivity index (χ1n) is 11.5. The van der Waals surface area contributed by atoms with Crippen molar-refractivity contribution in [3.63, 3.8) is 0 Å². The summed E-state index contributed by atoms with van der Waals surface area (Å²) in [5.41, 5.74) is 0.538. The molecule has 2 aliphatic rings. The van der Waals surface area contributed by atoms with Gasteiger partial charge in [-0.15, -0.1) is 0 Å². The minimum absolute atomic E-state index is 0.176. The van der Waals surface area contributed by atoms with Gasteiger partial charge in [-0.1, -0.05) is 30.3 Å². The Balaban J connectivity index is 1.30. The van der Waals surface area contributed by atoms with Gasteiger partial charge in [-0.2, -0.15) is 0 Å². The highest BCUT2D eigenvalue weighted by molar-refractivity contribution is 5.68. The summed E-state index contributed by atoms with van der Waals surface area (Å²) in [6.07, 6.45) is 5.33. The molecule has 2 amide bonds. The van der Waals surface area contributed by atoms with Crippen LogP contribution in [-0.4, -0.2) is 53.9 Å². The monoisotopic (exact) mass is 431 g/mol. The third kappa shape index (κ3) is 8.05. The van der Waals surface area contributed by atoms with Crippen LogP contribution >= 0.6 is 0 Å². The molecule has 1 aromatic carbocycles. The number of piperidine rings is 1. The molecule has 1 saturated carbocycles. The number of nitrogens with zero attached hydrogens (tertiary/aromatic N) is 1. The molecule has 2 fully saturated rings. The molecule has 0 spiro atoms. The van der Waals surface area contributed by atoms with E-state index in [0.29, 0.717) is 18.7 Å². The number of benzene rings is 1. The molecule has 1 heterocycles. The van der Waals surface area contributed by atoms with E-state index in [4.69, 9.17) is 9.47 Å². The van der Waals surface area contributed by atoms with Gasteiger partial charge in [0.2, 0.25) is 0 Å². The number of likely N-dealkylation sites (tertiary alicyclic amines) is 1. The van der Waals surface area contributed by atoms with Crippen molar-refractivity contribution in [2.45, 2.75) is 89.6 Å². The first kappa shape index (κ1) is 23.4. The molecule has 7 heteroatoms. The van der Waals surface area contributed by atoms with E-state index in [0.717, 1.165) is 57.2 Å². The Morgan fingerprint density at radius 3 is 2.13 bits per heavy atom. The number of hydrogen-bond donors (Lipinski definition) is 2. The van der Waals surface area contributed by atoms with Crippen molar-refractivity contribution in [2.75, 3.05) is 13.1 Å². The average Bonchev–Trinajstić information content (AvgIpc) is 2.74. The fraction of sp³-hybridized carbons (Fsp3) is 0.667. The molecule has 0 unspecified atom stereocenters. The summed E-state index contributed by atoms with van der Waals surface area (Å²) >= 11 is 0. The van der Waals surface area contributed by atoms with E-state index >= 15 is 0 Å². The van der Waals surface area contributed by atoms with Crippen LogP contribution < -0.4 is 10.6 Å². The lowest BCUT2D eigenvalue weighted by atomic mass is 9.90. The smallest absolute Gasteiger partial charge is 0.410 e. The van der Waals surface area contributed by atoms with Crippen LogP contribution in [0.4, 0.5) is 9.59 Å². The highest BCUT2D eigenvalue weighted by Crippen LogP contribution is 2.22. The number of carbonyl (C=O) groups is 2. The zero-order chi connectivity index (χ0) is 22.3. The summed E-state index contributed by atoms with van der Waals surface area (Å²) in [7, 11) is 0. The molecule has 7 nitrogen and oxygen atoms in total. The molecule has 0 atom stereocenters. The predicted octanol–water partition coefficient (Wildman–Crippen LogP) is 4.21. The summed E-state index contributed by atoms with van der Waals surface area (Å²) < 4.78 is 10.8. The summed E-state index contributed by atoms with van der Waals surface area (Å²) in [5, 5.41) is 6.77. The Labute approximate surface area is 185 Å². The second-order valence-electron chi connectivity index (χ2n) is 9.66. The number of nitrogens with one attached hydrogen (secondary N) is 2. The third-order valence-corrected chi connectivity index (χ3v) is 5.88. The van der Waals surface area contributed by atoms with Crippen molar-refractivity contribution in [1.29, 1.82) is 0 Å². The zero-order valence-corrected chi connectivity index (χ0v) is 19.1. The van der Waals surface area contributed by atoms with Gasteiger partial charge in [0.1, 0.15) is 12.2 Å². The van der Waals surface area contributed by atoms with Crippen LogP contribution in [0.5, 0.6) is 0 Å². The van der Waals surface area contributed by atoms with Crippen LogP contribution in [0.25, 0.3) is 0 Å². The number of carbonyl (C=O) groups excluding carboxylic acids is 2. The molecule has 172 valence electrons. The van der Waals surface area contributed by atoms with Crippen molar-refractivity contribution in [3.05, 3.63) is 35.9 Å². The molecule has 1 aliphatic carbocycles. The fourth-order valence-electron chi connectivity index (χ4n) is 4.22. The SMILES string of the molecule is CC(C)(C)OC(=O)N1CCC(NC2CCC(NC(=O)OCc3ccccc3)CC2)CC1. The van der Waals surface area contributed by atoms with E-state index in [1.807, 2.05) is 56.0 Å². The van der Waals surface area contributed by atoms with Crippen LogP contribution in [-0.2, 0) is 16.1 Å². The van der Waals surface area contributed by atoms with E-state index in [-0.39, 0.29) is 18.2 Å². The average molecular weight is 432 g/mol. The third-order valence-electron chi connectivity index (χ3n) is 5.88. The normalized spacial score (nSPS) is 22.6. The predicted molar refractivity (Wildman–Crippen MR) is 120 cm³/mol. The van der Waals surface area contributed by atoms with Crippen LogP contribution in [0.15, 0.2) is 30.3 Å². The summed E-state index contributed by atoms with van der Waals surface area (Å²) in [5.74, 6) is 0. The lowest BCUT2D eigenvalue weighted by Gasteiger charge is -2.37. The number of hydrogen-bond acceptors (Lipinski definition) is 5. The minimum Gasteiger partial charge on any atom is -0.445 e. The largest absolute Gasteiger partial charge is 0.445 e. The van der Waals surface area contributed by atoms with Crippen LogP contribution in [0.1, 0.15) is 64.9 Å². The van der Waals surface area contributed by atoms with Gasteiger partial charge >= 0.3 is 12.2 Å². The molecule has 1 aromatic rings. The maximum Gasteiger partial charge on any atom is 0.410 e. The number of rotatable bonds is 5. The number of amides is 2. The molecule has 0 radical (unpaired) electrons. The van der Waals surface area contributed by atoms with E-state index < -0.39 is 5.60 Å². The van der Waals surface area contributed by atoms with E-state index in [2.05, 4.69) is 10.6 Å². The standard InChI is InChI=1S/C24H37N3O4/c1-24(2,3)31-23(29)27-15-13-21(14-16-27)25-19-9-11-20(12-10-19)26-22(28)30-17-18-7-5-4-6-8-18/h4-8,19-21,25H,9-17H2,1-3H3,(H,26,28). The van der Waals surface area contributed by atoms with Gasteiger partial charge in [0, 0.05) is 31.2 Å². The fourth-order valence-corrected chi connectivity index (χ4v) is 4.22. The number of ether oxygens (including phenoxy) is 2. The highest BCUT2D eigenvalue weighted by atomic mass is 16.6. The molecule has 3 rings (SSSR count). The quantitative estimate of drug-likeness (QED) is 0.730. The summed E-state index contributed by atoms with van der Waals surface area (Å²) in [6.45, 7) is 7.45.